The van der Waals surface area contributed by atoms with Crippen molar-refractivity contribution in [3.05, 3.63) is 53.6 Å². The first-order chi connectivity index (χ1) is 8.56. The molecule has 0 radical (unpaired) electrons. The van der Waals surface area contributed by atoms with Crippen molar-refractivity contribution in [2.45, 2.75) is 10.6 Å². The smallest absolute Gasteiger partial charge is 0.141 e. The van der Waals surface area contributed by atoms with E-state index < -0.39 is 11.6 Å². The van der Waals surface area contributed by atoms with Crippen molar-refractivity contribution in [1.29, 1.82) is 0 Å². The molecule has 0 aliphatic heterocycles. The van der Waals surface area contributed by atoms with Crippen molar-refractivity contribution in [3.8, 4) is 5.75 Å². The predicted octanol–water partition coefficient (Wildman–Crippen LogP) is 3.54. The van der Waals surface area contributed by atoms with Gasteiger partial charge in [-0.15, -0.1) is 11.8 Å². The standard InChI is InChI=1S/C13H11F2NOS/c14-11-5-9(16)6-12(15)13(11)18-7-8-1-3-10(17)4-2-8/h1-6,17H,7,16H2. The Hall–Kier alpha value is -1.75. The van der Waals surface area contributed by atoms with Crippen LogP contribution in [0.15, 0.2) is 41.3 Å². The fraction of sp³-hybridized carbons (Fsp3) is 0.0769. The van der Waals surface area contributed by atoms with Crippen molar-refractivity contribution in [2.24, 2.45) is 0 Å². The SMILES string of the molecule is Nc1cc(F)c(SCc2ccc(O)cc2)c(F)c1. The van der Waals surface area contributed by atoms with Gasteiger partial charge in [-0.1, -0.05) is 12.1 Å². The summed E-state index contributed by atoms with van der Waals surface area (Å²) in [5.74, 6) is -0.737. The van der Waals surface area contributed by atoms with E-state index in [1.807, 2.05) is 0 Å². The Balaban J connectivity index is 2.13. The summed E-state index contributed by atoms with van der Waals surface area (Å²) >= 11 is 1.05. The molecule has 0 spiro atoms. The quantitative estimate of drug-likeness (QED) is 0.660. The van der Waals surface area contributed by atoms with Gasteiger partial charge in [0.15, 0.2) is 0 Å². The Morgan fingerprint density at radius 2 is 1.61 bits per heavy atom. The minimum atomic E-state index is -0.656. The maximum absolute atomic E-state index is 13.5. The van der Waals surface area contributed by atoms with Crippen LogP contribution in [-0.4, -0.2) is 5.11 Å². The fourth-order valence-electron chi connectivity index (χ4n) is 1.47. The maximum Gasteiger partial charge on any atom is 0.141 e. The van der Waals surface area contributed by atoms with Crippen LogP contribution in [0.3, 0.4) is 0 Å². The number of hydrogen-bond acceptors (Lipinski definition) is 3. The molecule has 3 N–H and O–H groups in total. The number of benzene rings is 2. The molecule has 94 valence electrons. The zero-order chi connectivity index (χ0) is 13.1. The second-order valence-electron chi connectivity index (χ2n) is 3.77. The van der Waals surface area contributed by atoms with E-state index in [0.29, 0.717) is 5.75 Å². The Morgan fingerprint density at radius 1 is 1.06 bits per heavy atom. The fourth-order valence-corrected chi connectivity index (χ4v) is 2.36. The third-order valence-corrected chi connectivity index (χ3v) is 3.50. The molecular weight excluding hydrogens is 256 g/mol. The number of phenolic OH excluding ortho intramolecular Hbond substituents is 1. The van der Waals surface area contributed by atoms with Crippen LogP contribution in [0.5, 0.6) is 5.75 Å². The molecule has 0 amide bonds. The summed E-state index contributed by atoms with van der Waals surface area (Å²) in [4.78, 5) is -0.0442. The lowest BCUT2D eigenvalue weighted by molar-refractivity contribution is 0.475. The molecule has 0 aliphatic carbocycles. The summed E-state index contributed by atoms with van der Waals surface area (Å²) < 4.78 is 27.0. The van der Waals surface area contributed by atoms with Crippen molar-refractivity contribution in [1.82, 2.24) is 0 Å². The van der Waals surface area contributed by atoms with Crippen LogP contribution < -0.4 is 5.73 Å². The van der Waals surface area contributed by atoms with E-state index in [2.05, 4.69) is 0 Å². The molecular formula is C13H11F2NOS. The van der Waals surface area contributed by atoms with Gasteiger partial charge in [0, 0.05) is 11.4 Å². The number of nitrogen functional groups attached to an aromatic ring is 1. The van der Waals surface area contributed by atoms with Crippen LogP contribution in [-0.2, 0) is 5.75 Å². The molecule has 0 heterocycles. The molecule has 0 bridgehead atoms. The summed E-state index contributed by atoms with van der Waals surface area (Å²) in [5, 5.41) is 9.12. The Bertz CT molecular complexity index is 534. The summed E-state index contributed by atoms with van der Waals surface area (Å²) in [7, 11) is 0. The molecule has 0 atom stereocenters. The number of phenols is 1. The minimum Gasteiger partial charge on any atom is -0.508 e. The lowest BCUT2D eigenvalue weighted by atomic mass is 10.2. The number of anilines is 1. The summed E-state index contributed by atoms with van der Waals surface area (Å²) in [6.07, 6.45) is 0. The van der Waals surface area contributed by atoms with Crippen LogP contribution in [0.1, 0.15) is 5.56 Å². The van der Waals surface area contributed by atoms with E-state index in [4.69, 9.17) is 10.8 Å². The van der Waals surface area contributed by atoms with Crippen LogP contribution in [0.4, 0.5) is 14.5 Å². The lowest BCUT2D eigenvalue weighted by Gasteiger charge is -2.06. The van der Waals surface area contributed by atoms with Gasteiger partial charge in [-0.25, -0.2) is 8.78 Å². The van der Waals surface area contributed by atoms with Gasteiger partial charge in [-0.3, -0.25) is 0 Å². The molecule has 2 rings (SSSR count). The average Bonchev–Trinajstić information content (AvgIpc) is 2.30. The molecule has 0 unspecified atom stereocenters. The highest BCUT2D eigenvalue weighted by Gasteiger charge is 2.11. The number of aromatic hydroxyl groups is 1. The number of halogens is 2. The molecule has 0 aliphatic rings. The van der Waals surface area contributed by atoms with E-state index in [-0.39, 0.29) is 16.3 Å². The Labute approximate surface area is 107 Å². The number of hydrogen-bond donors (Lipinski definition) is 2. The first-order valence-corrected chi connectivity index (χ1v) is 6.20. The van der Waals surface area contributed by atoms with Gasteiger partial charge in [0.1, 0.15) is 17.4 Å². The van der Waals surface area contributed by atoms with Crippen LogP contribution >= 0.6 is 11.8 Å². The van der Waals surface area contributed by atoms with Gasteiger partial charge in [-0.2, -0.15) is 0 Å². The molecule has 2 nitrogen and oxygen atoms in total. The van der Waals surface area contributed by atoms with Crippen molar-refractivity contribution in [2.75, 3.05) is 5.73 Å². The van der Waals surface area contributed by atoms with Crippen LogP contribution in [0, 0.1) is 11.6 Å². The summed E-state index contributed by atoms with van der Waals surface area (Å²) in [6.45, 7) is 0. The topological polar surface area (TPSA) is 46.2 Å². The largest absolute Gasteiger partial charge is 0.508 e. The molecule has 5 heteroatoms. The molecule has 0 saturated heterocycles. The first kappa shape index (κ1) is 12.7. The normalized spacial score (nSPS) is 10.6. The van der Waals surface area contributed by atoms with Crippen LogP contribution in [0.2, 0.25) is 0 Å². The third-order valence-electron chi connectivity index (χ3n) is 2.34. The zero-order valence-electron chi connectivity index (χ0n) is 9.36. The second-order valence-corrected chi connectivity index (χ2v) is 4.75. The lowest BCUT2D eigenvalue weighted by Crippen LogP contribution is -1.93. The Morgan fingerprint density at radius 3 is 2.17 bits per heavy atom. The predicted molar refractivity (Wildman–Crippen MR) is 68.4 cm³/mol. The maximum atomic E-state index is 13.5. The molecule has 0 fully saturated rings. The molecule has 0 aromatic heterocycles. The van der Waals surface area contributed by atoms with Crippen molar-refractivity contribution in [3.63, 3.8) is 0 Å². The van der Waals surface area contributed by atoms with E-state index in [9.17, 15) is 8.78 Å². The van der Waals surface area contributed by atoms with Gasteiger partial charge in [-0.05, 0) is 29.8 Å². The second kappa shape index (κ2) is 5.27. The first-order valence-electron chi connectivity index (χ1n) is 5.21. The van der Waals surface area contributed by atoms with Gasteiger partial charge in [0.25, 0.3) is 0 Å². The molecule has 2 aromatic rings. The van der Waals surface area contributed by atoms with E-state index in [0.717, 1.165) is 29.5 Å². The highest BCUT2D eigenvalue weighted by Crippen LogP contribution is 2.30. The summed E-state index contributed by atoms with van der Waals surface area (Å²) in [5.41, 5.74) is 6.27. The highest BCUT2D eigenvalue weighted by atomic mass is 32.2. The minimum absolute atomic E-state index is 0.0442. The van der Waals surface area contributed by atoms with Crippen LogP contribution in [0.25, 0.3) is 0 Å². The average molecular weight is 267 g/mol. The Kier molecular flexibility index (Phi) is 3.72. The van der Waals surface area contributed by atoms with Gasteiger partial charge in [0.2, 0.25) is 0 Å². The molecule has 0 saturated carbocycles. The number of thioether (sulfide) groups is 1. The van der Waals surface area contributed by atoms with Gasteiger partial charge in [0.05, 0.1) is 4.90 Å². The molecule has 2 aromatic carbocycles. The number of rotatable bonds is 3. The zero-order valence-corrected chi connectivity index (χ0v) is 10.2. The van der Waals surface area contributed by atoms with Gasteiger partial charge < -0.3 is 10.8 Å². The summed E-state index contributed by atoms with van der Waals surface area (Å²) in [6, 6.07) is 8.67. The van der Waals surface area contributed by atoms with Crippen molar-refractivity contribution >= 4 is 17.4 Å². The number of nitrogens with two attached hydrogens (primary N) is 1. The van der Waals surface area contributed by atoms with E-state index >= 15 is 0 Å². The molecule has 18 heavy (non-hydrogen) atoms. The monoisotopic (exact) mass is 267 g/mol. The third kappa shape index (κ3) is 2.92. The van der Waals surface area contributed by atoms with Gasteiger partial charge >= 0.3 is 0 Å². The van der Waals surface area contributed by atoms with E-state index in [1.165, 1.54) is 12.1 Å². The highest BCUT2D eigenvalue weighted by molar-refractivity contribution is 7.98. The van der Waals surface area contributed by atoms with E-state index in [1.54, 1.807) is 12.1 Å². The van der Waals surface area contributed by atoms with Crippen molar-refractivity contribution < 1.29 is 13.9 Å².